The number of hydrogen-bond donors (Lipinski definition) is 2. The van der Waals surface area contributed by atoms with Crippen molar-refractivity contribution >= 4 is 48.8 Å². The third-order valence-corrected chi connectivity index (χ3v) is 6.33. The lowest BCUT2D eigenvalue weighted by molar-refractivity contribution is 0.869. The lowest BCUT2D eigenvalue weighted by Crippen LogP contribution is -2.25. The molecule has 0 spiro atoms. The predicted octanol–water partition coefficient (Wildman–Crippen LogP) is 2.84. The summed E-state index contributed by atoms with van der Waals surface area (Å²) in [5.41, 5.74) is 0. The number of thioether (sulfide) groups is 2. The molecule has 4 heteroatoms. The van der Waals surface area contributed by atoms with Gasteiger partial charge in [-0.2, -0.15) is 48.8 Å². The van der Waals surface area contributed by atoms with E-state index in [1.807, 2.05) is 0 Å². The van der Waals surface area contributed by atoms with Crippen molar-refractivity contribution in [1.82, 2.24) is 0 Å². The molecule has 0 amide bonds. The Hall–Kier alpha value is 1.40. The van der Waals surface area contributed by atoms with E-state index in [0.29, 0.717) is 0 Å². The van der Waals surface area contributed by atoms with Crippen LogP contribution in [0.15, 0.2) is 0 Å². The highest BCUT2D eigenvalue weighted by Crippen LogP contribution is 2.30. The van der Waals surface area contributed by atoms with Gasteiger partial charge in [0.05, 0.1) is 0 Å². The molecule has 1 aliphatic rings. The van der Waals surface area contributed by atoms with Crippen LogP contribution in [0, 0.1) is 0 Å². The molecular weight excluding hydrogens is 224 g/mol. The van der Waals surface area contributed by atoms with Gasteiger partial charge in [-0.25, -0.2) is 0 Å². The molecule has 0 saturated carbocycles. The highest BCUT2D eigenvalue weighted by molar-refractivity contribution is 8.04. The van der Waals surface area contributed by atoms with Crippen LogP contribution in [0.4, 0.5) is 0 Å². The largest absolute Gasteiger partial charge is 0.178 e. The van der Waals surface area contributed by atoms with Gasteiger partial charge in [-0.15, -0.1) is 0 Å². The van der Waals surface area contributed by atoms with E-state index in [1.54, 1.807) is 0 Å². The minimum absolute atomic E-state index is 0.719. The molecular formula is C8H16S4. The van der Waals surface area contributed by atoms with Crippen LogP contribution in [0.2, 0.25) is 0 Å². The molecule has 0 aromatic heterocycles. The molecule has 0 aromatic carbocycles. The molecule has 0 aromatic rings. The van der Waals surface area contributed by atoms with Gasteiger partial charge in [0.1, 0.15) is 0 Å². The molecule has 12 heavy (non-hydrogen) atoms. The van der Waals surface area contributed by atoms with Crippen LogP contribution in [0.3, 0.4) is 0 Å². The molecule has 0 bridgehead atoms. The minimum atomic E-state index is 0.719. The van der Waals surface area contributed by atoms with Crippen molar-refractivity contribution < 1.29 is 0 Å². The quantitative estimate of drug-likeness (QED) is 0.713. The van der Waals surface area contributed by atoms with Gasteiger partial charge >= 0.3 is 0 Å². The maximum Gasteiger partial charge on any atom is 0.0262 e. The first kappa shape index (κ1) is 11.5. The van der Waals surface area contributed by atoms with Crippen molar-refractivity contribution in [2.24, 2.45) is 0 Å². The third-order valence-electron chi connectivity index (χ3n) is 1.98. The smallest absolute Gasteiger partial charge is 0.0262 e. The Kier molecular flexibility index (Phi) is 6.50. The highest BCUT2D eigenvalue weighted by atomic mass is 32.2. The Balaban J connectivity index is 2.39. The van der Waals surface area contributed by atoms with Gasteiger partial charge in [0.25, 0.3) is 0 Å². The van der Waals surface area contributed by atoms with Crippen LogP contribution in [0.5, 0.6) is 0 Å². The van der Waals surface area contributed by atoms with Crippen LogP contribution < -0.4 is 0 Å². The lowest BCUT2D eigenvalue weighted by Gasteiger charge is -2.25. The second kappa shape index (κ2) is 6.80. The van der Waals surface area contributed by atoms with Gasteiger partial charge in [-0.1, -0.05) is 0 Å². The van der Waals surface area contributed by atoms with E-state index in [1.165, 1.54) is 24.3 Å². The summed E-state index contributed by atoms with van der Waals surface area (Å²) in [5, 5.41) is 1.44. The molecule has 0 N–H and O–H groups in total. The highest BCUT2D eigenvalue weighted by Gasteiger charge is 2.21. The summed E-state index contributed by atoms with van der Waals surface area (Å²) >= 11 is 13.0. The van der Waals surface area contributed by atoms with E-state index in [0.717, 1.165) is 22.0 Å². The topological polar surface area (TPSA) is 0 Å². The molecule has 0 nitrogen and oxygen atoms in total. The first-order valence-electron chi connectivity index (χ1n) is 4.33. The average molecular weight is 240 g/mol. The Morgan fingerprint density at radius 2 is 1.33 bits per heavy atom. The van der Waals surface area contributed by atoms with Crippen molar-refractivity contribution in [3.05, 3.63) is 0 Å². The van der Waals surface area contributed by atoms with Gasteiger partial charge < -0.3 is 0 Å². The van der Waals surface area contributed by atoms with Crippen molar-refractivity contribution in [2.75, 3.05) is 23.0 Å². The second-order valence-electron chi connectivity index (χ2n) is 2.89. The Labute approximate surface area is 94.8 Å². The summed E-state index contributed by atoms with van der Waals surface area (Å²) in [5.74, 6) is 4.64. The number of hydrogen-bond acceptors (Lipinski definition) is 4. The first-order chi connectivity index (χ1) is 5.88. The standard InChI is InChI=1S/C8H16S4/c9-5-7-8(6-10)12-4-2-1-3-11-7/h7-10H,1-6H2. The molecule has 1 rings (SSSR count). The van der Waals surface area contributed by atoms with E-state index in [-0.39, 0.29) is 0 Å². The van der Waals surface area contributed by atoms with E-state index in [9.17, 15) is 0 Å². The summed E-state index contributed by atoms with van der Waals surface area (Å²) in [6.45, 7) is 0. The fraction of sp³-hybridized carbons (Fsp3) is 1.00. The summed E-state index contributed by atoms with van der Waals surface area (Å²) in [6, 6.07) is 0. The fourth-order valence-corrected chi connectivity index (χ4v) is 5.31. The van der Waals surface area contributed by atoms with Crippen LogP contribution in [0.25, 0.3) is 0 Å². The Morgan fingerprint density at radius 1 is 0.917 bits per heavy atom. The zero-order valence-corrected chi connectivity index (χ0v) is 10.5. The van der Waals surface area contributed by atoms with Crippen LogP contribution in [-0.2, 0) is 0 Å². The van der Waals surface area contributed by atoms with E-state index < -0.39 is 0 Å². The van der Waals surface area contributed by atoms with Crippen molar-refractivity contribution in [2.45, 2.75) is 23.3 Å². The zero-order valence-electron chi connectivity index (χ0n) is 7.11. The van der Waals surface area contributed by atoms with Crippen LogP contribution >= 0.6 is 48.8 Å². The number of thiol groups is 2. The normalized spacial score (nSPS) is 32.5. The number of rotatable bonds is 2. The lowest BCUT2D eigenvalue weighted by atomic mass is 10.3. The maximum absolute atomic E-state index is 4.39. The van der Waals surface area contributed by atoms with E-state index >= 15 is 0 Å². The van der Waals surface area contributed by atoms with Crippen LogP contribution in [-0.4, -0.2) is 33.5 Å². The summed E-state index contributed by atoms with van der Waals surface area (Å²) in [6.07, 6.45) is 2.75. The van der Waals surface area contributed by atoms with Crippen molar-refractivity contribution in [3.8, 4) is 0 Å². The van der Waals surface area contributed by atoms with Crippen molar-refractivity contribution in [1.29, 1.82) is 0 Å². The molecule has 2 unspecified atom stereocenters. The maximum atomic E-state index is 4.39. The van der Waals surface area contributed by atoms with Gasteiger partial charge in [-0.3, -0.25) is 0 Å². The molecule has 0 aliphatic carbocycles. The van der Waals surface area contributed by atoms with Gasteiger partial charge in [0.15, 0.2) is 0 Å². The molecule has 1 saturated heterocycles. The summed E-state index contributed by atoms with van der Waals surface area (Å²) < 4.78 is 0. The molecule has 1 heterocycles. The van der Waals surface area contributed by atoms with E-state index in [4.69, 9.17) is 0 Å². The molecule has 0 radical (unpaired) electrons. The second-order valence-corrected chi connectivity index (χ2v) is 6.32. The summed E-state index contributed by atoms with van der Waals surface area (Å²) in [7, 11) is 0. The zero-order chi connectivity index (χ0) is 8.81. The third kappa shape index (κ3) is 3.64. The minimum Gasteiger partial charge on any atom is -0.178 e. The average Bonchev–Trinajstić information content (AvgIpc) is 2.05. The Morgan fingerprint density at radius 3 is 1.67 bits per heavy atom. The monoisotopic (exact) mass is 240 g/mol. The van der Waals surface area contributed by atoms with Gasteiger partial charge in [0, 0.05) is 22.0 Å². The molecule has 72 valence electrons. The SMILES string of the molecule is SCC1SCCCCSC1CS. The van der Waals surface area contributed by atoms with Gasteiger partial charge in [0.2, 0.25) is 0 Å². The molecule has 1 fully saturated rings. The first-order valence-corrected chi connectivity index (χ1v) is 7.69. The Bertz CT molecular complexity index is 104. The molecule has 1 aliphatic heterocycles. The van der Waals surface area contributed by atoms with Crippen LogP contribution in [0.1, 0.15) is 12.8 Å². The van der Waals surface area contributed by atoms with Crippen molar-refractivity contribution in [3.63, 3.8) is 0 Å². The predicted molar refractivity (Wildman–Crippen MR) is 69.4 cm³/mol. The van der Waals surface area contributed by atoms with E-state index in [2.05, 4.69) is 48.8 Å². The molecule has 2 atom stereocenters. The summed E-state index contributed by atoms with van der Waals surface area (Å²) in [4.78, 5) is 0. The van der Waals surface area contributed by atoms with Gasteiger partial charge in [-0.05, 0) is 24.3 Å². The fourth-order valence-electron chi connectivity index (χ4n) is 1.23.